The van der Waals surface area contributed by atoms with Crippen LogP contribution in [0.3, 0.4) is 0 Å². The third kappa shape index (κ3) is 10.6. The normalized spacial score (nSPS) is 12.4. The molecule has 2 unspecified atom stereocenters. The number of carbonyl (C=O) groups is 5. The van der Waals surface area contributed by atoms with E-state index < -0.39 is 47.5 Å². The highest BCUT2D eigenvalue weighted by Crippen LogP contribution is 2.13. The molecule has 1 aromatic carbocycles. The fourth-order valence-electron chi connectivity index (χ4n) is 2.97. The molecule has 0 saturated carbocycles. The number of alkyl halides is 1. The fraction of sp³-hybridized carbons (Fsp3) is 0.500. The maximum atomic E-state index is 13.7. The first-order chi connectivity index (χ1) is 16.0. The number of Topliss-reactive ketones (excluding diaryl/α,β-unsaturated/α-hetero) is 1. The lowest BCUT2D eigenvalue weighted by Crippen LogP contribution is -2.54. The van der Waals surface area contributed by atoms with E-state index in [0.29, 0.717) is 12.8 Å². The molecule has 10 nitrogen and oxygen atoms in total. The van der Waals surface area contributed by atoms with E-state index in [1.54, 1.807) is 0 Å². The molecule has 0 aliphatic rings. The SMILES string of the molecule is CC(C)CC(NC(=O)C(=O)Nc1ccccc1F)C(=O)NC(CCCCOC(N)=O)C(=O)CCl. The zero-order valence-corrected chi connectivity index (χ0v) is 19.8. The van der Waals surface area contributed by atoms with Crippen LogP contribution in [0.5, 0.6) is 0 Å². The van der Waals surface area contributed by atoms with E-state index >= 15 is 0 Å². The molecule has 0 heterocycles. The van der Waals surface area contributed by atoms with Crippen LogP contribution < -0.4 is 21.7 Å². The zero-order chi connectivity index (χ0) is 25.7. The summed E-state index contributed by atoms with van der Waals surface area (Å²) in [5.74, 6) is -4.48. The van der Waals surface area contributed by atoms with Gasteiger partial charge in [-0.2, -0.15) is 0 Å². The number of hydrogen-bond acceptors (Lipinski definition) is 6. The summed E-state index contributed by atoms with van der Waals surface area (Å²) in [5.41, 5.74) is 4.70. The standard InChI is InChI=1S/C22H30ClFN4O6/c1-13(2)11-17(28-21(32)20(31)26-15-8-4-3-7-14(15)24)19(30)27-16(18(29)12-23)9-5-6-10-34-22(25)33/h3-4,7-8,13,16-17H,5-6,9-12H2,1-2H3,(H2,25,33)(H,26,31)(H,27,30)(H,28,32). The second-order valence-electron chi connectivity index (χ2n) is 7.91. The maximum Gasteiger partial charge on any atom is 0.404 e. The number of benzene rings is 1. The van der Waals surface area contributed by atoms with Gasteiger partial charge in [-0.1, -0.05) is 26.0 Å². The summed E-state index contributed by atoms with van der Waals surface area (Å²) in [4.78, 5) is 60.2. The zero-order valence-electron chi connectivity index (χ0n) is 19.1. The lowest BCUT2D eigenvalue weighted by molar-refractivity contribution is -0.138. The van der Waals surface area contributed by atoms with E-state index in [9.17, 15) is 28.4 Å². The van der Waals surface area contributed by atoms with E-state index in [0.717, 1.165) is 6.07 Å². The highest BCUT2D eigenvalue weighted by molar-refractivity contribution is 6.40. The number of nitrogens with two attached hydrogens (primary N) is 1. The average Bonchev–Trinajstić information content (AvgIpc) is 2.77. The number of anilines is 1. The summed E-state index contributed by atoms with van der Waals surface area (Å²) >= 11 is 5.65. The number of para-hydroxylation sites is 1. The summed E-state index contributed by atoms with van der Waals surface area (Å²) in [6.45, 7) is 3.69. The number of ether oxygens (including phenoxy) is 1. The molecule has 0 aliphatic heterocycles. The van der Waals surface area contributed by atoms with Gasteiger partial charge in [-0.15, -0.1) is 11.6 Å². The van der Waals surface area contributed by atoms with E-state index in [4.69, 9.17) is 17.3 Å². The lowest BCUT2D eigenvalue weighted by atomic mass is 10.0. The molecule has 1 rings (SSSR count). The molecular weight excluding hydrogens is 471 g/mol. The van der Waals surface area contributed by atoms with Crippen molar-refractivity contribution in [2.24, 2.45) is 11.7 Å². The summed E-state index contributed by atoms with van der Waals surface area (Å²) in [6.07, 6.45) is 0.322. The fourth-order valence-corrected chi connectivity index (χ4v) is 3.16. The average molecular weight is 501 g/mol. The summed E-state index contributed by atoms with van der Waals surface area (Å²) in [6, 6.07) is 3.27. The Hall–Kier alpha value is -3.21. The first-order valence-corrected chi connectivity index (χ1v) is 11.3. The topological polar surface area (TPSA) is 157 Å². The Bertz CT molecular complexity index is 883. The van der Waals surface area contributed by atoms with Crippen molar-refractivity contribution in [3.63, 3.8) is 0 Å². The van der Waals surface area contributed by atoms with Gasteiger partial charge in [0.2, 0.25) is 5.91 Å². The highest BCUT2D eigenvalue weighted by atomic mass is 35.5. The molecule has 34 heavy (non-hydrogen) atoms. The minimum Gasteiger partial charge on any atom is -0.450 e. The molecule has 0 aromatic heterocycles. The number of primary amides is 1. The molecule has 0 spiro atoms. The van der Waals surface area contributed by atoms with Gasteiger partial charge in [-0.05, 0) is 43.7 Å². The van der Waals surface area contributed by atoms with E-state index in [1.807, 2.05) is 13.8 Å². The van der Waals surface area contributed by atoms with Crippen LogP contribution >= 0.6 is 11.6 Å². The summed E-state index contributed by atoms with van der Waals surface area (Å²) in [7, 11) is 0. The lowest BCUT2D eigenvalue weighted by Gasteiger charge is -2.23. The molecule has 0 aliphatic carbocycles. The molecule has 1 aromatic rings. The smallest absolute Gasteiger partial charge is 0.404 e. The molecular formula is C22H30ClFN4O6. The minimum absolute atomic E-state index is 0.0428. The van der Waals surface area contributed by atoms with Crippen molar-refractivity contribution in [3.05, 3.63) is 30.1 Å². The predicted octanol–water partition coefficient (Wildman–Crippen LogP) is 1.85. The number of carbonyl (C=O) groups excluding carboxylic acids is 5. The van der Waals surface area contributed by atoms with Gasteiger partial charge in [0, 0.05) is 0 Å². The molecule has 0 saturated heterocycles. The number of rotatable bonds is 13. The molecule has 0 fully saturated rings. The van der Waals surface area contributed by atoms with Crippen molar-refractivity contribution >= 4 is 46.9 Å². The van der Waals surface area contributed by atoms with Crippen molar-refractivity contribution in [3.8, 4) is 0 Å². The predicted molar refractivity (Wildman–Crippen MR) is 123 cm³/mol. The van der Waals surface area contributed by atoms with Crippen molar-refractivity contribution in [2.45, 2.75) is 51.6 Å². The number of unbranched alkanes of at least 4 members (excludes halogenated alkanes) is 1. The Morgan fingerprint density at radius 2 is 1.71 bits per heavy atom. The van der Waals surface area contributed by atoms with Gasteiger partial charge in [0.25, 0.3) is 0 Å². The van der Waals surface area contributed by atoms with Crippen LogP contribution in [-0.2, 0) is 23.9 Å². The number of amides is 4. The minimum atomic E-state index is -1.14. The van der Waals surface area contributed by atoms with Gasteiger partial charge in [-0.3, -0.25) is 19.2 Å². The van der Waals surface area contributed by atoms with Crippen molar-refractivity contribution in [2.75, 3.05) is 17.8 Å². The first-order valence-electron chi connectivity index (χ1n) is 10.7. The van der Waals surface area contributed by atoms with Crippen molar-refractivity contribution < 1.29 is 33.1 Å². The third-order valence-electron chi connectivity index (χ3n) is 4.63. The Balaban J connectivity index is 2.79. The molecule has 188 valence electrons. The molecule has 0 bridgehead atoms. The molecule has 5 N–H and O–H groups in total. The van der Waals surface area contributed by atoms with Gasteiger partial charge in [0.15, 0.2) is 5.78 Å². The largest absolute Gasteiger partial charge is 0.450 e. The van der Waals surface area contributed by atoms with Gasteiger partial charge in [0.05, 0.1) is 24.2 Å². The van der Waals surface area contributed by atoms with Crippen LogP contribution in [0, 0.1) is 11.7 Å². The van der Waals surface area contributed by atoms with Crippen LogP contribution in [0.1, 0.15) is 39.5 Å². The van der Waals surface area contributed by atoms with Crippen LogP contribution in [0.25, 0.3) is 0 Å². The molecule has 0 radical (unpaired) electrons. The Morgan fingerprint density at radius 3 is 2.29 bits per heavy atom. The third-order valence-corrected chi connectivity index (χ3v) is 4.89. The van der Waals surface area contributed by atoms with Gasteiger partial charge >= 0.3 is 17.9 Å². The maximum absolute atomic E-state index is 13.7. The van der Waals surface area contributed by atoms with Gasteiger partial charge < -0.3 is 26.4 Å². The van der Waals surface area contributed by atoms with E-state index in [-0.39, 0.29) is 36.9 Å². The van der Waals surface area contributed by atoms with Crippen molar-refractivity contribution in [1.82, 2.24) is 10.6 Å². The molecule has 4 amide bonds. The molecule has 2 atom stereocenters. The van der Waals surface area contributed by atoms with Crippen LogP contribution in [0.2, 0.25) is 0 Å². The van der Waals surface area contributed by atoms with Crippen LogP contribution in [-0.4, -0.2) is 54.2 Å². The summed E-state index contributed by atoms with van der Waals surface area (Å²) < 4.78 is 18.4. The Labute approximate surface area is 202 Å². The van der Waals surface area contributed by atoms with E-state index in [1.165, 1.54) is 18.2 Å². The quantitative estimate of drug-likeness (QED) is 0.184. The van der Waals surface area contributed by atoms with Crippen LogP contribution in [0.15, 0.2) is 24.3 Å². The number of ketones is 1. The van der Waals surface area contributed by atoms with Gasteiger partial charge in [-0.25, -0.2) is 9.18 Å². The van der Waals surface area contributed by atoms with Gasteiger partial charge in [0.1, 0.15) is 11.9 Å². The van der Waals surface area contributed by atoms with Crippen molar-refractivity contribution in [1.29, 1.82) is 0 Å². The number of hydrogen-bond donors (Lipinski definition) is 4. The monoisotopic (exact) mass is 500 g/mol. The summed E-state index contributed by atoms with van der Waals surface area (Å²) in [5, 5.41) is 7.05. The second kappa shape index (κ2) is 14.8. The number of nitrogens with one attached hydrogen (secondary N) is 3. The van der Waals surface area contributed by atoms with Crippen LogP contribution in [0.4, 0.5) is 14.9 Å². The molecule has 12 heteroatoms. The first kappa shape index (κ1) is 28.8. The Kier molecular flexibility index (Phi) is 12.6. The highest BCUT2D eigenvalue weighted by Gasteiger charge is 2.28. The Morgan fingerprint density at radius 1 is 1.03 bits per heavy atom. The number of halogens is 2. The second-order valence-corrected chi connectivity index (χ2v) is 8.18. The van der Waals surface area contributed by atoms with E-state index in [2.05, 4.69) is 20.7 Å².